The zero-order valence-corrected chi connectivity index (χ0v) is 19.0. The van der Waals surface area contributed by atoms with Gasteiger partial charge in [-0.2, -0.15) is 5.26 Å². The minimum absolute atomic E-state index is 0.432. The summed E-state index contributed by atoms with van der Waals surface area (Å²) in [4.78, 5) is 4.51. The number of aromatic nitrogens is 1. The Morgan fingerprint density at radius 3 is 3.03 bits per heavy atom. The van der Waals surface area contributed by atoms with Gasteiger partial charge in [-0.15, -0.1) is 0 Å². The predicted octanol–water partition coefficient (Wildman–Crippen LogP) is 5.89. The van der Waals surface area contributed by atoms with E-state index in [4.69, 9.17) is 13.9 Å². The number of hydrogen-bond donors (Lipinski definition) is 2. The molecule has 172 valence electrons. The molecule has 0 aliphatic carbocycles. The molecule has 1 aliphatic heterocycles. The highest BCUT2D eigenvalue weighted by atomic mass is 16.5. The van der Waals surface area contributed by atoms with E-state index in [2.05, 4.69) is 27.8 Å². The molecule has 0 saturated carbocycles. The van der Waals surface area contributed by atoms with Gasteiger partial charge in [-0.3, -0.25) is 4.98 Å². The fraction of sp³-hybridized carbons (Fsp3) is 0.259. The van der Waals surface area contributed by atoms with Crippen molar-refractivity contribution in [1.82, 2.24) is 10.3 Å². The molecule has 7 nitrogen and oxygen atoms in total. The topological polar surface area (TPSA) is 92.3 Å². The van der Waals surface area contributed by atoms with Crippen LogP contribution in [0.15, 0.2) is 65.6 Å². The van der Waals surface area contributed by atoms with E-state index in [-0.39, 0.29) is 0 Å². The number of nitrogens with zero attached hydrogens (tertiary/aromatic N) is 2. The summed E-state index contributed by atoms with van der Waals surface area (Å²) in [5.41, 5.74) is 3.30. The number of methoxy groups -OCH3 is 1. The van der Waals surface area contributed by atoms with Crippen molar-refractivity contribution in [3.63, 3.8) is 0 Å². The number of pyridine rings is 1. The molecule has 2 aromatic carbocycles. The van der Waals surface area contributed by atoms with Crippen molar-refractivity contribution in [3.05, 3.63) is 66.7 Å². The largest absolute Gasteiger partial charge is 0.493 e. The van der Waals surface area contributed by atoms with Crippen molar-refractivity contribution in [1.29, 1.82) is 5.26 Å². The SMILES string of the molecule is COc1cc2c(Nc3cccc4ccoc34)c(C#N)cnc2cc1OCCCC1CC=CNC1. The van der Waals surface area contributed by atoms with E-state index in [0.717, 1.165) is 47.9 Å². The molecule has 2 N–H and O–H groups in total. The lowest BCUT2D eigenvalue weighted by Crippen LogP contribution is -2.21. The second-order valence-electron chi connectivity index (χ2n) is 8.35. The number of allylic oxidation sites excluding steroid dienone is 1. The van der Waals surface area contributed by atoms with Crippen LogP contribution < -0.4 is 20.1 Å². The third-order valence-electron chi connectivity index (χ3n) is 6.14. The Bertz CT molecular complexity index is 1390. The first-order valence-corrected chi connectivity index (χ1v) is 11.4. The fourth-order valence-electron chi connectivity index (χ4n) is 4.35. The summed E-state index contributed by atoms with van der Waals surface area (Å²) >= 11 is 0. The van der Waals surface area contributed by atoms with Crippen LogP contribution in [0.1, 0.15) is 24.8 Å². The number of para-hydroxylation sites is 1. The van der Waals surface area contributed by atoms with Crippen molar-refractivity contribution < 1.29 is 13.9 Å². The molecule has 4 aromatic rings. The average Bonchev–Trinajstić information content (AvgIpc) is 3.37. The zero-order valence-electron chi connectivity index (χ0n) is 19.0. The lowest BCUT2D eigenvalue weighted by atomic mass is 9.98. The molecule has 0 saturated heterocycles. The molecule has 0 bridgehead atoms. The summed E-state index contributed by atoms with van der Waals surface area (Å²) < 4.78 is 17.4. The third kappa shape index (κ3) is 4.35. The number of nitrogens with one attached hydrogen (secondary N) is 2. The number of benzene rings is 2. The summed E-state index contributed by atoms with van der Waals surface area (Å²) in [6.07, 6.45) is 10.6. The molecule has 34 heavy (non-hydrogen) atoms. The summed E-state index contributed by atoms with van der Waals surface area (Å²) in [7, 11) is 1.62. The Kier molecular flexibility index (Phi) is 6.21. The van der Waals surface area contributed by atoms with Crippen LogP contribution in [-0.4, -0.2) is 25.2 Å². The number of furan rings is 1. The molecule has 0 fully saturated rings. The lowest BCUT2D eigenvalue weighted by Gasteiger charge is -2.19. The second kappa shape index (κ2) is 9.75. The highest BCUT2D eigenvalue weighted by Crippen LogP contribution is 2.38. The van der Waals surface area contributed by atoms with Crippen molar-refractivity contribution in [2.24, 2.45) is 5.92 Å². The summed E-state index contributed by atoms with van der Waals surface area (Å²) in [5, 5.41) is 18.2. The van der Waals surface area contributed by atoms with Gasteiger partial charge in [-0.1, -0.05) is 18.2 Å². The van der Waals surface area contributed by atoms with E-state index in [1.807, 2.05) is 42.6 Å². The van der Waals surface area contributed by atoms with E-state index in [0.29, 0.717) is 40.8 Å². The highest BCUT2D eigenvalue weighted by molar-refractivity contribution is 6.00. The predicted molar refractivity (Wildman–Crippen MR) is 132 cm³/mol. The molecule has 0 amide bonds. The molecule has 1 aliphatic rings. The maximum absolute atomic E-state index is 9.74. The van der Waals surface area contributed by atoms with Gasteiger partial charge >= 0.3 is 0 Å². The highest BCUT2D eigenvalue weighted by Gasteiger charge is 2.16. The lowest BCUT2D eigenvalue weighted by molar-refractivity contribution is 0.274. The molecule has 0 spiro atoms. The number of fused-ring (bicyclic) bond motifs is 2. The van der Waals surface area contributed by atoms with Gasteiger partial charge in [0.15, 0.2) is 17.1 Å². The van der Waals surface area contributed by atoms with Gasteiger partial charge in [0.05, 0.1) is 42.4 Å². The summed E-state index contributed by atoms with van der Waals surface area (Å²) in [6, 6.07) is 13.7. The van der Waals surface area contributed by atoms with E-state index in [1.54, 1.807) is 19.6 Å². The van der Waals surface area contributed by atoms with Gasteiger partial charge < -0.3 is 24.5 Å². The third-order valence-corrected chi connectivity index (χ3v) is 6.14. The van der Waals surface area contributed by atoms with Gasteiger partial charge in [0.25, 0.3) is 0 Å². The molecular formula is C27H26N4O3. The first kappa shape index (κ1) is 21.7. The smallest absolute Gasteiger partial charge is 0.163 e. The van der Waals surface area contributed by atoms with Crippen LogP contribution in [0.5, 0.6) is 11.5 Å². The summed E-state index contributed by atoms with van der Waals surface area (Å²) in [5.74, 6) is 1.89. The average molecular weight is 455 g/mol. The van der Waals surface area contributed by atoms with Crippen molar-refractivity contribution in [2.45, 2.75) is 19.3 Å². The molecule has 2 aromatic heterocycles. The van der Waals surface area contributed by atoms with Crippen LogP contribution in [0.4, 0.5) is 11.4 Å². The second-order valence-corrected chi connectivity index (χ2v) is 8.35. The molecule has 1 atom stereocenters. The first-order valence-electron chi connectivity index (χ1n) is 11.4. The van der Waals surface area contributed by atoms with Crippen molar-refractivity contribution >= 4 is 33.2 Å². The Balaban J connectivity index is 1.42. The van der Waals surface area contributed by atoms with E-state index >= 15 is 0 Å². The maximum atomic E-state index is 9.74. The van der Waals surface area contributed by atoms with Crippen LogP contribution in [0.25, 0.3) is 21.9 Å². The normalized spacial score (nSPS) is 15.1. The number of anilines is 2. The van der Waals surface area contributed by atoms with Crippen LogP contribution in [0.3, 0.4) is 0 Å². The zero-order chi connectivity index (χ0) is 23.3. The van der Waals surface area contributed by atoms with Crippen LogP contribution in [0, 0.1) is 17.2 Å². The maximum Gasteiger partial charge on any atom is 0.163 e. The number of ether oxygens (including phenoxy) is 2. The van der Waals surface area contributed by atoms with Crippen LogP contribution >= 0.6 is 0 Å². The molecule has 5 rings (SSSR count). The monoisotopic (exact) mass is 454 g/mol. The summed E-state index contributed by atoms with van der Waals surface area (Å²) in [6.45, 7) is 1.62. The Morgan fingerprint density at radius 2 is 2.21 bits per heavy atom. The van der Waals surface area contributed by atoms with E-state index in [9.17, 15) is 5.26 Å². The van der Waals surface area contributed by atoms with Crippen LogP contribution in [-0.2, 0) is 0 Å². The molecule has 0 radical (unpaired) electrons. The number of rotatable bonds is 8. The Hall–Kier alpha value is -4.18. The molecule has 3 heterocycles. The van der Waals surface area contributed by atoms with Gasteiger partial charge in [0.2, 0.25) is 0 Å². The van der Waals surface area contributed by atoms with Crippen LogP contribution in [0.2, 0.25) is 0 Å². The molecule has 1 unspecified atom stereocenters. The molecule has 7 heteroatoms. The minimum Gasteiger partial charge on any atom is -0.493 e. The van der Waals surface area contributed by atoms with E-state index in [1.165, 1.54) is 0 Å². The van der Waals surface area contributed by atoms with E-state index < -0.39 is 0 Å². The van der Waals surface area contributed by atoms with Gasteiger partial charge in [-0.05, 0) is 49.6 Å². The van der Waals surface area contributed by atoms with Crippen molar-refractivity contribution in [3.8, 4) is 17.6 Å². The van der Waals surface area contributed by atoms with Gasteiger partial charge in [0.1, 0.15) is 6.07 Å². The molecular weight excluding hydrogens is 428 g/mol. The Labute approximate surface area is 198 Å². The van der Waals surface area contributed by atoms with Gasteiger partial charge in [0, 0.05) is 29.6 Å². The number of hydrogen-bond acceptors (Lipinski definition) is 7. The van der Waals surface area contributed by atoms with Gasteiger partial charge in [-0.25, -0.2) is 0 Å². The quantitative estimate of drug-likeness (QED) is 0.321. The fourth-order valence-corrected chi connectivity index (χ4v) is 4.35. The first-order chi connectivity index (χ1) is 16.8. The Morgan fingerprint density at radius 1 is 1.26 bits per heavy atom. The minimum atomic E-state index is 0.432. The standard InChI is InChI=1S/C27H26N4O3/c1-32-24-13-21-23(14-25(24)33-11-4-6-18-5-3-10-29-16-18)30-17-20(15-28)26(21)31-22-8-2-7-19-9-12-34-27(19)22/h2-3,7-10,12-14,17-18,29H,4-6,11,16H2,1H3,(H,30,31). The number of nitriles is 1. The van der Waals surface area contributed by atoms with Crippen molar-refractivity contribution in [2.75, 3.05) is 25.6 Å².